The molecule has 0 radical (unpaired) electrons. The van der Waals surface area contributed by atoms with Crippen molar-refractivity contribution in [1.29, 1.82) is 0 Å². The zero-order valence-corrected chi connectivity index (χ0v) is 12.4. The highest BCUT2D eigenvalue weighted by Gasteiger charge is 2.20. The third kappa shape index (κ3) is 3.74. The molecular weight excluding hydrogens is 324 g/mol. The molecule has 0 aromatic heterocycles. The van der Waals surface area contributed by atoms with E-state index < -0.39 is 15.1 Å². The Hall–Kier alpha value is -0.500. The van der Waals surface area contributed by atoms with Crippen molar-refractivity contribution in [1.82, 2.24) is 4.90 Å². The van der Waals surface area contributed by atoms with Crippen molar-refractivity contribution in [2.45, 2.75) is 9.79 Å². The van der Waals surface area contributed by atoms with Crippen LogP contribution in [0.2, 0.25) is 10.0 Å². The molecule has 0 heterocycles. The van der Waals surface area contributed by atoms with Crippen LogP contribution in [0.3, 0.4) is 0 Å². The first-order chi connectivity index (χ1) is 8.12. The van der Waals surface area contributed by atoms with Crippen LogP contribution >= 0.6 is 35.0 Å². The Labute approximate surface area is 118 Å². The maximum atomic E-state index is 12.8. The predicted octanol–water partition coefficient (Wildman–Crippen LogP) is 3.43. The predicted molar refractivity (Wildman–Crippen MR) is 69.7 cm³/mol. The molecular formula is C9H8Cl2FNO3S2. The number of carbonyl (C=O) groups is 1. The SMILES string of the molecule is CN(C)C(=O)Sc1cc(Cl)c(S(=O)(=O)F)cc1Cl. The zero-order valence-electron chi connectivity index (χ0n) is 9.28. The molecule has 0 atom stereocenters. The molecule has 1 aromatic carbocycles. The highest BCUT2D eigenvalue weighted by Crippen LogP contribution is 2.35. The summed E-state index contributed by atoms with van der Waals surface area (Å²) >= 11 is 12.2. The van der Waals surface area contributed by atoms with Crippen molar-refractivity contribution in [3.63, 3.8) is 0 Å². The van der Waals surface area contributed by atoms with Crippen molar-refractivity contribution >= 4 is 50.4 Å². The van der Waals surface area contributed by atoms with Gasteiger partial charge in [0.15, 0.2) is 0 Å². The van der Waals surface area contributed by atoms with Gasteiger partial charge in [0.1, 0.15) is 4.90 Å². The fourth-order valence-electron chi connectivity index (χ4n) is 0.961. The van der Waals surface area contributed by atoms with Gasteiger partial charge in [-0.1, -0.05) is 23.2 Å². The summed E-state index contributed by atoms with van der Waals surface area (Å²) in [6.45, 7) is 0. The largest absolute Gasteiger partial charge is 0.339 e. The maximum Gasteiger partial charge on any atom is 0.333 e. The molecule has 1 aromatic rings. The maximum absolute atomic E-state index is 12.8. The lowest BCUT2D eigenvalue weighted by atomic mass is 10.3. The second kappa shape index (κ2) is 5.64. The van der Waals surface area contributed by atoms with E-state index in [-0.39, 0.29) is 20.2 Å². The molecule has 1 amide bonds. The number of nitrogens with zero attached hydrogens (tertiary/aromatic N) is 1. The Bertz CT molecular complexity index is 590. The fraction of sp³-hybridized carbons (Fsp3) is 0.222. The fourth-order valence-corrected chi connectivity index (χ4v) is 3.06. The van der Waals surface area contributed by atoms with Crippen molar-refractivity contribution in [3.8, 4) is 0 Å². The molecule has 0 aliphatic rings. The highest BCUT2D eigenvalue weighted by molar-refractivity contribution is 8.13. The van der Waals surface area contributed by atoms with Crippen LogP contribution in [0.1, 0.15) is 0 Å². The minimum Gasteiger partial charge on any atom is -0.339 e. The number of rotatable bonds is 2. The molecule has 0 saturated heterocycles. The number of carbonyl (C=O) groups excluding carboxylic acids is 1. The molecule has 0 saturated carbocycles. The van der Waals surface area contributed by atoms with E-state index in [1.807, 2.05) is 0 Å². The summed E-state index contributed by atoms with van der Waals surface area (Å²) in [5, 5.41) is -0.699. The standard InChI is InChI=1S/C9H8Cl2FNO3S2/c1-13(2)9(14)17-7-3-6(11)8(4-5(7)10)18(12,15)16/h3-4H,1-2H3. The van der Waals surface area contributed by atoms with Crippen LogP contribution in [-0.2, 0) is 10.2 Å². The Morgan fingerprint density at radius 1 is 1.28 bits per heavy atom. The molecule has 18 heavy (non-hydrogen) atoms. The molecule has 0 aliphatic carbocycles. The first-order valence-electron chi connectivity index (χ1n) is 4.45. The Balaban J connectivity index is 3.20. The van der Waals surface area contributed by atoms with E-state index in [9.17, 15) is 17.1 Å². The van der Waals surface area contributed by atoms with Gasteiger partial charge in [0, 0.05) is 19.0 Å². The molecule has 0 N–H and O–H groups in total. The summed E-state index contributed by atoms with van der Waals surface area (Å²) in [4.78, 5) is 12.3. The van der Waals surface area contributed by atoms with Gasteiger partial charge in [-0.2, -0.15) is 8.42 Å². The second-order valence-electron chi connectivity index (χ2n) is 3.41. The van der Waals surface area contributed by atoms with E-state index in [1.54, 1.807) is 14.1 Å². The quantitative estimate of drug-likeness (QED) is 0.615. The normalized spacial score (nSPS) is 11.4. The van der Waals surface area contributed by atoms with Crippen LogP contribution < -0.4 is 0 Å². The van der Waals surface area contributed by atoms with Gasteiger partial charge in [-0.05, 0) is 23.9 Å². The molecule has 4 nitrogen and oxygen atoms in total. The number of benzene rings is 1. The van der Waals surface area contributed by atoms with E-state index >= 15 is 0 Å². The summed E-state index contributed by atoms with van der Waals surface area (Å²) in [6.07, 6.45) is 0. The van der Waals surface area contributed by atoms with Gasteiger partial charge in [-0.15, -0.1) is 3.89 Å². The molecule has 0 aliphatic heterocycles. The summed E-state index contributed by atoms with van der Waals surface area (Å²) in [5.41, 5.74) is 0. The second-order valence-corrected chi connectivity index (χ2v) is 6.54. The monoisotopic (exact) mass is 331 g/mol. The summed E-state index contributed by atoms with van der Waals surface area (Å²) in [6, 6.07) is 2.02. The number of hydrogen-bond donors (Lipinski definition) is 0. The van der Waals surface area contributed by atoms with Crippen molar-refractivity contribution in [2.24, 2.45) is 0 Å². The molecule has 0 bridgehead atoms. The lowest BCUT2D eigenvalue weighted by Crippen LogP contribution is -2.16. The van der Waals surface area contributed by atoms with Gasteiger partial charge < -0.3 is 4.90 Å². The van der Waals surface area contributed by atoms with Crippen molar-refractivity contribution < 1.29 is 17.1 Å². The van der Waals surface area contributed by atoms with Gasteiger partial charge in [0.25, 0.3) is 5.24 Å². The van der Waals surface area contributed by atoms with Gasteiger partial charge >= 0.3 is 10.2 Å². The van der Waals surface area contributed by atoms with Gasteiger partial charge in [0.2, 0.25) is 0 Å². The first-order valence-corrected chi connectivity index (χ1v) is 7.41. The van der Waals surface area contributed by atoms with Gasteiger partial charge in [-0.3, -0.25) is 4.79 Å². The average molecular weight is 332 g/mol. The third-order valence-corrected chi connectivity index (χ3v) is 4.62. The van der Waals surface area contributed by atoms with Gasteiger partial charge in [-0.25, -0.2) is 0 Å². The first kappa shape index (κ1) is 15.6. The van der Waals surface area contributed by atoms with Crippen molar-refractivity contribution in [3.05, 3.63) is 22.2 Å². The van der Waals surface area contributed by atoms with Crippen LogP contribution in [0, 0.1) is 0 Å². The third-order valence-electron chi connectivity index (χ3n) is 1.81. The van der Waals surface area contributed by atoms with E-state index in [1.165, 1.54) is 4.90 Å². The van der Waals surface area contributed by atoms with Crippen LogP contribution in [-0.4, -0.2) is 32.7 Å². The number of amides is 1. The lowest BCUT2D eigenvalue weighted by Gasteiger charge is -2.11. The van der Waals surface area contributed by atoms with Gasteiger partial charge in [0.05, 0.1) is 10.0 Å². The molecule has 1 rings (SSSR count). The van der Waals surface area contributed by atoms with Crippen LogP contribution in [0.15, 0.2) is 21.9 Å². The molecule has 0 unspecified atom stereocenters. The Morgan fingerprint density at radius 3 is 2.28 bits per heavy atom. The smallest absolute Gasteiger partial charge is 0.333 e. The lowest BCUT2D eigenvalue weighted by molar-refractivity contribution is 0.241. The summed E-state index contributed by atoms with van der Waals surface area (Å²) in [7, 11) is -1.84. The molecule has 9 heteroatoms. The molecule has 0 fully saturated rings. The Kier molecular flexibility index (Phi) is 4.88. The van der Waals surface area contributed by atoms with E-state index in [2.05, 4.69) is 0 Å². The topological polar surface area (TPSA) is 54.5 Å². The Morgan fingerprint density at radius 2 is 1.83 bits per heavy atom. The van der Waals surface area contributed by atoms with Crippen molar-refractivity contribution in [2.75, 3.05) is 14.1 Å². The summed E-state index contributed by atoms with van der Waals surface area (Å²) < 4.78 is 34.3. The van der Waals surface area contributed by atoms with Crippen LogP contribution in [0.4, 0.5) is 8.68 Å². The molecule has 100 valence electrons. The van der Waals surface area contributed by atoms with Crippen LogP contribution in [0.5, 0.6) is 0 Å². The average Bonchev–Trinajstić information content (AvgIpc) is 2.20. The number of thioether (sulfide) groups is 1. The molecule has 0 spiro atoms. The van der Waals surface area contributed by atoms with E-state index in [0.29, 0.717) is 0 Å². The zero-order chi connectivity index (χ0) is 14.1. The minimum atomic E-state index is -4.94. The minimum absolute atomic E-state index is 0.0594. The number of hydrogen-bond acceptors (Lipinski definition) is 4. The van der Waals surface area contributed by atoms with E-state index in [0.717, 1.165) is 23.9 Å². The highest BCUT2D eigenvalue weighted by atomic mass is 35.5. The van der Waals surface area contributed by atoms with Crippen LogP contribution in [0.25, 0.3) is 0 Å². The number of halogens is 3. The summed E-state index contributed by atoms with van der Waals surface area (Å²) in [5.74, 6) is 0. The van der Waals surface area contributed by atoms with E-state index in [4.69, 9.17) is 23.2 Å².